The number of rotatable bonds is 3. The number of ether oxygens (including phenoxy) is 1. The third-order valence-corrected chi connectivity index (χ3v) is 4.43. The maximum Gasteiger partial charge on any atom is 0.148 e. The van der Waals surface area contributed by atoms with Gasteiger partial charge in [0.2, 0.25) is 0 Å². The first-order chi connectivity index (χ1) is 10.5. The Labute approximate surface area is 138 Å². The van der Waals surface area contributed by atoms with Gasteiger partial charge < -0.3 is 14.7 Å². The Balaban J connectivity index is 1.95. The van der Waals surface area contributed by atoms with E-state index in [-0.39, 0.29) is 6.04 Å². The molecule has 0 spiro atoms. The Morgan fingerprint density at radius 3 is 2.82 bits per heavy atom. The molecule has 0 radical (unpaired) electrons. The van der Waals surface area contributed by atoms with E-state index in [1.54, 1.807) is 25.3 Å². The number of halogens is 2. The second-order valence-electron chi connectivity index (χ2n) is 5.49. The Hall–Kier alpha value is -1.14. The van der Waals surface area contributed by atoms with Crippen molar-refractivity contribution in [3.63, 3.8) is 0 Å². The fraction of sp³-hybridized carbons (Fsp3) is 0.467. The minimum absolute atomic E-state index is 0.0864. The summed E-state index contributed by atoms with van der Waals surface area (Å²) in [5.41, 5.74) is 1.41. The molecule has 2 heterocycles. The third-order valence-electron chi connectivity index (χ3n) is 3.71. The van der Waals surface area contributed by atoms with Crippen LogP contribution in [0.1, 0.15) is 13.3 Å². The van der Waals surface area contributed by atoms with Gasteiger partial charge in [0.1, 0.15) is 5.82 Å². The summed E-state index contributed by atoms with van der Waals surface area (Å²) in [5, 5.41) is 10.6. The predicted octanol–water partition coefficient (Wildman–Crippen LogP) is 2.91. The van der Waals surface area contributed by atoms with Gasteiger partial charge in [0.25, 0.3) is 0 Å². The number of benzene rings is 1. The zero-order valence-electron chi connectivity index (χ0n) is 12.2. The molecule has 1 fully saturated rings. The van der Waals surface area contributed by atoms with Crippen molar-refractivity contribution in [3.8, 4) is 0 Å². The lowest BCUT2D eigenvalue weighted by Crippen LogP contribution is -2.47. The van der Waals surface area contributed by atoms with Crippen LogP contribution in [0, 0.1) is 0 Å². The highest BCUT2D eigenvalue weighted by Crippen LogP contribution is 2.28. The van der Waals surface area contributed by atoms with Crippen LogP contribution in [-0.2, 0) is 4.74 Å². The quantitative estimate of drug-likeness (QED) is 0.929. The molecular weight excluding hydrogens is 325 g/mol. The Bertz CT molecular complexity index is 681. The summed E-state index contributed by atoms with van der Waals surface area (Å²) < 4.78 is 5.52. The van der Waals surface area contributed by atoms with Crippen molar-refractivity contribution in [1.82, 2.24) is 9.97 Å². The van der Waals surface area contributed by atoms with Gasteiger partial charge in [-0.1, -0.05) is 23.2 Å². The van der Waals surface area contributed by atoms with Crippen molar-refractivity contribution in [3.05, 3.63) is 28.4 Å². The Morgan fingerprint density at radius 1 is 1.36 bits per heavy atom. The van der Waals surface area contributed by atoms with Gasteiger partial charge in [0, 0.05) is 6.54 Å². The summed E-state index contributed by atoms with van der Waals surface area (Å²) in [7, 11) is 0. The smallest absolute Gasteiger partial charge is 0.148 e. The van der Waals surface area contributed by atoms with Gasteiger partial charge in [-0.2, -0.15) is 0 Å². The van der Waals surface area contributed by atoms with Gasteiger partial charge in [-0.05, 0) is 25.5 Å². The van der Waals surface area contributed by atoms with Crippen LogP contribution in [0.2, 0.25) is 10.0 Å². The van der Waals surface area contributed by atoms with Crippen LogP contribution in [0.5, 0.6) is 0 Å². The number of fused-ring (bicyclic) bond motifs is 1. The fourth-order valence-electron chi connectivity index (χ4n) is 2.68. The van der Waals surface area contributed by atoms with E-state index in [4.69, 9.17) is 27.9 Å². The third kappa shape index (κ3) is 3.27. The van der Waals surface area contributed by atoms with Crippen molar-refractivity contribution >= 4 is 40.1 Å². The first kappa shape index (κ1) is 15.7. The van der Waals surface area contributed by atoms with Crippen molar-refractivity contribution in [2.75, 3.05) is 24.7 Å². The SMILES string of the molecule is CC(O)CC1COCCN1c1cnc2cc(Cl)c(Cl)cc2n1. The lowest BCUT2D eigenvalue weighted by atomic mass is 10.1. The summed E-state index contributed by atoms with van der Waals surface area (Å²) in [4.78, 5) is 11.2. The van der Waals surface area contributed by atoms with Gasteiger partial charge in [-0.25, -0.2) is 4.98 Å². The zero-order chi connectivity index (χ0) is 15.7. The molecule has 0 bridgehead atoms. The maximum absolute atomic E-state index is 9.66. The van der Waals surface area contributed by atoms with E-state index in [0.29, 0.717) is 40.7 Å². The van der Waals surface area contributed by atoms with Crippen molar-refractivity contribution < 1.29 is 9.84 Å². The Morgan fingerprint density at radius 2 is 2.09 bits per heavy atom. The monoisotopic (exact) mass is 341 g/mol. The molecule has 7 heteroatoms. The number of nitrogens with zero attached hydrogens (tertiary/aromatic N) is 3. The van der Waals surface area contributed by atoms with Crippen molar-refractivity contribution in [2.24, 2.45) is 0 Å². The molecule has 22 heavy (non-hydrogen) atoms. The molecular formula is C15H17Cl2N3O2. The molecule has 0 amide bonds. The normalized spacial score (nSPS) is 20.4. The van der Waals surface area contributed by atoms with E-state index in [2.05, 4.69) is 14.9 Å². The van der Waals surface area contributed by atoms with Crippen LogP contribution in [-0.4, -0.2) is 47.0 Å². The molecule has 3 rings (SSSR count). The highest BCUT2D eigenvalue weighted by molar-refractivity contribution is 6.42. The summed E-state index contributed by atoms with van der Waals surface area (Å²) in [6.07, 6.45) is 1.96. The number of aromatic nitrogens is 2. The van der Waals surface area contributed by atoms with Crippen molar-refractivity contribution in [2.45, 2.75) is 25.5 Å². The minimum Gasteiger partial charge on any atom is -0.393 e. The highest BCUT2D eigenvalue weighted by atomic mass is 35.5. The summed E-state index contributed by atoms with van der Waals surface area (Å²) in [5.74, 6) is 0.764. The molecule has 0 aliphatic carbocycles. The van der Waals surface area contributed by atoms with Crippen LogP contribution in [0.3, 0.4) is 0 Å². The van der Waals surface area contributed by atoms with E-state index >= 15 is 0 Å². The molecule has 1 aromatic heterocycles. The van der Waals surface area contributed by atoms with Crippen molar-refractivity contribution in [1.29, 1.82) is 0 Å². The molecule has 1 aromatic carbocycles. The van der Waals surface area contributed by atoms with Crippen LogP contribution in [0.4, 0.5) is 5.82 Å². The number of morpholine rings is 1. The average molecular weight is 342 g/mol. The van der Waals surface area contributed by atoms with Gasteiger partial charge in [0.05, 0.1) is 52.6 Å². The molecule has 2 unspecified atom stereocenters. The van der Waals surface area contributed by atoms with Gasteiger partial charge >= 0.3 is 0 Å². The number of aliphatic hydroxyl groups excluding tert-OH is 1. The number of hydrogen-bond donors (Lipinski definition) is 1. The fourth-order valence-corrected chi connectivity index (χ4v) is 3.00. The molecule has 1 saturated heterocycles. The predicted molar refractivity (Wildman–Crippen MR) is 87.8 cm³/mol. The molecule has 2 aromatic rings. The zero-order valence-corrected chi connectivity index (χ0v) is 13.7. The largest absolute Gasteiger partial charge is 0.393 e. The molecule has 118 valence electrons. The van der Waals surface area contributed by atoms with E-state index in [1.807, 2.05) is 0 Å². The molecule has 1 aliphatic rings. The van der Waals surface area contributed by atoms with Gasteiger partial charge in [-0.3, -0.25) is 4.98 Å². The number of hydrogen-bond acceptors (Lipinski definition) is 5. The summed E-state index contributed by atoms with van der Waals surface area (Å²) in [6, 6.07) is 3.52. The van der Waals surface area contributed by atoms with Gasteiger partial charge in [-0.15, -0.1) is 0 Å². The summed E-state index contributed by atoms with van der Waals surface area (Å²) in [6.45, 7) is 3.71. The topological polar surface area (TPSA) is 58.5 Å². The number of aliphatic hydroxyl groups is 1. The van der Waals surface area contributed by atoms with Crippen LogP contribution in [0.25, 0.3) is 11.0 Å². The minimum atomic E-state index is -0.393. The lowest BCUT2D eigenvalue weighted by Gasteiger charge is -2.37. The van der Waals surface area contributed by atoms with Crippen LogP contribution >= 0.6 is 23.2 Å². The van der Waals surface area contributed by atoms with Crippen LogP contribution in [0.15, 0.2) is 18.3 Å². The summed E-state index contributed by atoms with van der Waals surface area (Å²) >= 11 is 12.1. The molecule has 1 aliphatic heterocycles. The second-order valence-corrected chi connectivity index (χ2v) is 6.30. The average Bonchev–Trinajstić information content (AvgIpc) is 2.48. The molecule has 2 atom stereocenters. The second kappa shape index (κ2) is 6.54. The van der Waals surface area contributed by atoms with Gasteiger partial charge in [0.15, 0.2) is 0 Å². The van der Waals surface area contributed by atoms with E-state index < -0.39 is 6.10 Å². The molecule has 5 nitrogen and oxygen atoms in total. The van der Waals surface area contributed by atoms with E-state index in [1.165, 1.54) is 0 Å². The first-order valence-corrected chi connectivity index (χ1v) is 7.94. The van der Waals surface area contributed by atoms with E-state index in [9.17, 15) is 5.11 Å². The number of anilines is 1. The van der Waals surface area contributed by atoms with Crippen LogP contribution < -0.4 is 4.90 Å². The standard InChI is InChI=1S/C15H17Cl2N3O2/c1-9(21)4-10-8-22-3-2-20(10)15-7-18-13-5-11(16)12(17)6-14(13)19-15/h5-7,9-10,21H,2-4,8H2,1H3. The Kier molecular flexibility index (Phi) is 4.68. The first-order valence-electron chi connectivity index (χ1n) is 7.19. The molecule has 0 saturated carbocycles. The lowest BCUT2D eigenvalue weighted by molar-refractivity contribution is 0.0718. The maximum atomic E-state index is 9.66. The highest BCUT2D eigenvalue weighted by Gasteiger charge is 2.26. The molecule has 1 N–H and O–H groups in total. The van der Waals surface area contributed by atoms with E-state index in [0.717, 1.165) is 12.4 Å².